The van der Waals surface area contributed by atoms with E-state index in [0.29, 0.717) is 68.0 Å². The first-order valence-electron chi connectivity index (χ1n) is 22.2. The van der Waals surface area contributed by atoms with Crippen molar-refractivity contribution >= 4 is 0 Å². The molecule has 1 aliphatic heterocycles. The maximum atomic E-state index is 12.2. The molecule has 1 aliphatic rings. The summed E-state index contributed by atoms with van der Waals surface area (Å²) in [5.41, 5.74) is 7.20. The van der Waals surface area contributed by atoms with Gasteiger partial charge in [0.05, 0.1) is 5.92 Å². The average Bonchev–Trinajstić information content (AvgIpc) is 3.68. The van der Waals surface area contributed by atoms with Crippen molar-refractivity contribution in [3.05, 3.63) is 219 Å². The van der Waals surface area contributed by atoms with E-state index < -0.39 is 30.0 Å². The van der Waals surface area contributed by atoms with Crippen molar-refractivity contribution in [3.63, 3.8) is 0 Å². The summed E-state index contributed by atoms with van der Waals surface area (Å²) >= 11 is 0. The fraction of sp³-hybridized carbons (Fsp3) is 0.158. The Labute approximate surface area is 392 Å². The highest BCUT2D eigenvalue weighted by Gasteiger charge is 2.43. The van der Waals surface area contributed by atoms with Gasteiger partial charge in [-0.05, 0) is 119 Å². The van der Waals surface area contributed by atoms with Gasteiger partial charge >= 0.3 is 0 Å². The first-order chi connectivity index (χ1) is 32.7. The third-order valence-corrected chi connectivity index (χ3v) is 12.9. The van der Waals surface area contributed by atoms with E-state index in [2.05, 4.69) is 0 Å². The summed E-state index contributed by atoms with van der Waals surface area (Å²) in [5.74, 6) is -2.23. The number of aromatic hydroxyl groups is 9. The van der Waals surface area contributed by atoms with Gasteiger partial charge < -0.3 is 55.4 Å². The van der Waals surface area contributed by atoms with Crippen molar-refractivity contribution in [2.45, 2.75) is 56.7 Å². The first-order valence-corrected chi connectivity index (χ1v) is 22.2. The molecule has 5 atom stereocenters. The number of hydrogen-bond donors (Lipinski definition) is 9. The largest absolute Gasteiger partial charge is 0.508 e. The average molecular weight is 911 g/mol. The molecule has 0 aromatic heterocycles. The summed E-state index contributed by atoms with van der Waals surface area (Å²) in [6, 6.07) is 42.9. The van der Waals surface area contributed by atoms with Gasteiger partial charge in [-0.1, -0.05) is 79.2 Å². The molecular formula is C57H50O11. The maximum Gasteiger partial charge on any atom is 0.135 e. The fourth-order valence-electron chi connectivity index (χ4n) is 9.69. The SMILES string of the molecule is Cc1ccc(Cc2c(O)cc(O)cc2[C@@H]2c3c(cc(O)cc3[C@H](C)[C@@H](c3ccc(O)cc3)c3c(O)cc(O)cc3C[C@H](Oc3cccc(O)c3)c3ccc(O)cc3)O[C@H]2c2ccc(O)cc2)cc1. The van der Waals surface area contributed by atoms with Crippen LogP contribution in [0.4, 0.5) is 0 Å². The number of fused-ring (bicyclic) bond motifs is 1. The zero-order chi connectivity index (χ0) is 47.8. The molecule has 344 valence electrons. The molecule has 8 aromatic rings. The van der Waals surface area contributed by atoms with Gasteiger partial charge in [-0.15, -0.1) is 0 Å². The van der Waals surface area contributed by atoms with Crippen molar-refractivity contribution in [2.75, 3.05) is 0 Å². The van der Waals surface area contributed by atoms with Crippen molar-refractivity contribution in [3.8, 4) is 63.2 Å². The van der Waals surface area contributed by atoms with Gasteiger partial charge in [-0.25, -0.2) is 0 Å². The topological polar surface area (TPSA) is 201 Å². The van der Waals surface area contributed by atoms with Gasteiger partial charge in [0, 0.05) is 59.7 Å². The van der Waals surface area contributed by atoms with Crippen molar-refractivity contribution in [1.82, 2.24) is 0 Å². The molecule has 0 fully saturated rings. The fourth-order valence-corrected chi connectivity index (χ4v) is 9.69. The van der Waals surface area contributed by atoms with Gasteiger partial charge in [-0.2, -0.15) is 0 Å². The van der Waals surface area contributed by atoms with Crippen molar-refractivity contribution < 1.29 is 55.4 Å². The third-order valence-electron chi connectivity index (χ3n) is 12.9. The maximum absolute atomic E-state index is 12.2. The Bertz CT molecular complexity index is 3090. The smallest absolute Gasteiger partial charge is 0.135 e. The summed E-state index contributed by atoms with van der Waals surface area (Å²) in [7, 11) is 0. The lowest BCUT2D eigenvalue weighted by molar-refractivity contribution is 0.204. The Morgan fingerprint density at radius 2 is 1.16 bits per heavy atom. The van der Waals surface area contributed by atoms with E-state index in [1.807, 2.05) is 38.1 Å². The number of benzene rings is 8. The molecule has 1 heterocycles. The van der Waals surface area contributed by atoms with Crippen LogP contribution in [0.25, 0.3) is 0 Å². The van der Waals surface area contributed by atoms with E-state index in [1.54, 1.807) is 91.0 Å². The second kappa shape index (κ2) is 18.4. The minimum atomic E-state index is -0.790. The zero-order valence-corrected chi connectivity index (χ0v) is 37.2. The molecule has 8 aromatic carbocycles. The second-order valence-electron chi connectivity index (χ2n) is 17.5. The normalized spacial score (nSPS) is 15.5. The molecule has 68 heavy (non-hydrogen) atoms. The van der Waals surface area contributed by atoms with Crippen LogP contribution in [0, 0.1) is 6.92 Å². The first kappa shape index (κ1) is 44.7. The molecule has 0 bridgehead atoms. The number of ether oxygens (including phenoxy) is 2. The molecule has 0 saturated heterocycles. The summed E-state index contributed by atoms with van der Waals surface area (Å²) in [6.07, 6.45) is -1.21. The molecule has 0 amide bonds. The number of rotatable bonds is 13. The van der Waals surface area contributed by atoms with Gasteiger partial charge in [-0.3, -0.25) is 0 Å². The van der Waals surface area contributed by atoms with Crippen LogP contribution < -0.4 is 9.47 Å². The molecular weight excluding hydrogens is 861 g/mol. The van der Waals surface area contributed by atoms with E-state index in [1.165, 1.54) is 42.5 Å². The number of hydrogen-bond acceptors (Lipinski definition) is 11. The van der Waals surface area contributed by atoms with E-state index >= 15 is 0 Å². The molecule has 9 N–H and O–H groups in total. The Balaban J connectivity index is 1.25. The van der Waals surface area contributed by atoms with Crippen LogP contribution in [0.5, 0.6) is 63.2 Å². The summed E-state index contributed by atoms with van der Waals surface area (Å²) < 4.78 is 13.4. The summed E-state index contributed by atoms with van der Waals surface area (Å²) in [4.78, 5) is 0. The highest BCUT2D eigenvalue weighted by atomic mass is 16.5. The molecule has 0 aliphatic carbocycles. The van der Waals surface area contributed by atoms with Crippen LogP contribution >= 0.6 is 0 Å². The molecule has 0 unspecified atom stereocenters. The van der Waals surface area contributed by atoms with Crippen LogP contribution in [-0.2, 0) is 12.8 Å². The van der Waals surface area contributed by atoms with Crippen molar-refractivity contribution in [1.29, 1.82) is 0 Å². The monoisotopic (exact) mass is 910 g/mol. The molecule has 11 heteroatoms. The number of aryl methyl sites for hydroxylation is 1. The minimum Gasteiger partial charge on any atom is -0.508 e. The highest BCUT2D eigenvalue weighted by Crippen LogP contribution is 2.58. The van der Waals surface area contributed by atoms with Crippen molar-refractivity contribution in [2.24, 2.45) is 0 Å². The second-order valence-corrected chi connectivity index (χ2v) is 17.5. The Kier molecular flexibility index (Phi) is 12.1. The van der Waals surface area contributed by atoms with E-state index in [9.17, 15) is 46.0 Å². The van der Waals surface area contributed by atoms with Gasteiger partial charge in [0.25, 0.3) is 0 Å². The van der Waals surface area contributed by atoms with Gasteiger partial charge in [0.2, 0.25) is 0 Å². The highest BCUT2D eigenvalue weighted by molar-refractivity contribution is 5.63. The Morgan fingerprint density at radius 1 is 0.559 bits per heavy atom. The minimum absolute atomic E-state index is 0.00969. The van der Waals surface area contributed by atoms with Gasteiger partial charge in [0.1, 0.15) is 75.5 Å². The van der Waals surface area contributed by atoms with Gasteiger partial charge in [0.15, 0.2) is 0 Å². The Morgan fingerprint density at radius 3 is 1.82 bits per heavy atom. The third kappa shape index (κ3) is 9.19. The van der Waals surface area contributed by atoms with Crippen LogP contribution in [0.1, 0.15) is 98.1 Å². The number of phenols is 9. The molecule has 0 saturated carbocycles. The van der Waals surface area contributed by atoms with Crippen LogP contribution in [-0.4, -0.2) is 46.0 Å². The lowest BCUT2D eigenvalue weighted by Crippen LogP contribution is -2.19. The van der Waals surface area contributed by atoms with Crippen LogP contribution in [0.3, 0.4) is 0 Å². The number of phenolic OH excluding ortho intramolecular Hbond substituents is 9. The molecule has 11 nitrogen and oxygen atoms in total. The van der Waals surface area contributed by atoms with E-state index in [4.69, 9.17) is 9.47 Å². The summed E-state index contributed by atoms with van der Waals surface area (Å²) in [5, 5.41) is 99.4. The van der Waals surface area contributed by atoms with E-state index in [-0.39, 0.29) is 58.2 Å². The predicted molar refractivity (Wildman–Crippen MR) is 257 cm³/mol. The molecule has 0 radical (unpaired) electrons. The van der Waals surface area contributed by atoms with Crippen LogP contribution in [0.2, 0.25) is 0 Å². The quantitative estimate of drug-likeness (QED) is 0.0533. The molecule has 9 rings (SSSR count). The summed E-state index contributed by atoms with van der Waals surface area (Å²) in [6.45, 7) is 3.94. The van der Waals surface area contributed by atoms with E-state index in [0.717, 1.165) is 11.1 Å². The lowest BCUT2D eigenvalue weighted by Gasteiger charge is -2.32. The standard InChI is InChI=1S/C57H50O11/c1-31-6-8-33(9-7-31)22-47-48(27-43(63)28-49(47)65)56-55-46(26-44(64)30-52(55)68-57(56)36-14-20-40(60)21-15-36)32(2)53(35-12-18-39(59)19-13-35)54-37(23-42(62)29-50(54)66)24-51(34-10-16-38(58)17-11-34)67-45-5-3-4-41(61)25-45/h3-21,23,25-30,32,51,53,56-66H,22,24H2,1-2H3/t32-,51-,53-,56+,57-/m0/s1. The van der Waals surface area contributed by atoms with Crippen LogP contribution in [0.15, 0.2) is 158 Å². The predicted octanol–water partition coefficient (Wildman–Crippen LogP) is 11.5. The lowest BCUT2D eigenvalue weighted by atomic mass is 9.71. The Hall–Kier alpha value is -8.44. The molecule has 0 spiro atoms. The zero-order valence-electron chi connectivity index (χ0n) is 37.2.